The molecule has 92 valence electrons. The van der Waals surface area contributed by atoms with E-state index in [1.54, 1.807) is 6.07 Å². The summed E-state index contributed by atoms with van der Waals surface area (Å²) < 4.78 is 5.37. The van der Waals surface area contributed by atoms with Gasteiger partial charge in [-0.1, -0.05) is 12.1 Å². The highest BCUT2D eigenvalue weighted by molar-refractivity contribution is 5.94. The van der Waals surface area contributed by atoms with Gasteiger partial charge in [-0.05, 0) is 31.0 Å². The third kappa shape index (κ3) is 3.05. The fourth-order valence-electron chi connectivity index (χ4n) is 1.83. The lowest BCUT2D eigenvalue weighted by atomic mass is 10.2. The molecular formula is C13H17NO3. The highest BCUT2D eigenvalue weighted by atomic mass is 16.5. The Morgan fingerprint density at radius 2 is 2.41 bits per heavy atom. The second-order valence-electron chi connectivity index (χ2n) is 4.18. The summed E-state index contributed by atoms with van der Waals surface area (Å²) in [4.78, 5) is 11.8. The molecule has 1 fully saturated rings. The first-order valence-corrected chi connectivity index (χ1v) is 5.87. The van der Waals surface area contributed by atoms with Crippen molar-refractivity contribution in [1.29, 1.82) is 0 Å². The van der Waals surface area contributed by atoms with Gasteiger partial charge in [0, 0.05) is 12.3 Å². The summed E-state index contributed by atoms with van der Waals surface area (Å²) in [6.07, 6.45) is 0.889. The predicted octanol–water partition coefficient (Wildman–Crippen LogP) is 1.54. The quantitative estimate of drug-likeness (QED) is 0.814. The van der Waals surface area contributed by atoms with Gasteiger partial charge in [-0.2, -0.15) is 0 Å². The van der Waals surface area contributed by atoms with Crippen LogP contribution >= 0.6 is 0 Å². The summed E-state index contributed by atoms with van der Waals surface area (Å²) in [5, 5.41) is 11.8. The van der Waals surface area contributed by atoms with Crippen molar-refractivity contribution < 1.29 is 14.6 Å². The van der Waals surface area contributed by atoms with Crippen LogP contribution in [0.5, 0.6) is 0 Å². The molecule has 2 unspecified atom stereocenters. The van der Waals surface area contributed by atoms with Crippen LogP contribution in [0.4, 0.5) is 5.69 Å². The average molecular weight is 235 g/mol. The van der Waals surface area contributed by atoms with Crippen LogP contribution < -0.4 is 5.32 Å². The number of carbonyl (C=O) groups excluding carboxylic acids is 1. The van der Waals surface area contributed by atoms with Gasteiger partial charge in [-0.3, -0.25) is 4.79 Å². The van der Waals surface area contributed by atoms with Crippen molar-refractivity contribution in [3.63, 3.8) is 0 Å². The molecule has 1 aliphatic carbocycles. The van der Waals surface area contributed by atoms with E-state index in [2.05, 4.69) is 5.32 Å². The zero-order valence-corrected chi connectivity index (χ0v) is 9.85. The molecule has 4 nitrogen and oxygen atoms in total. The van der Waals surface area contributed by atoms with E-state index in [0.29, 0.717) is 6.61 Å². The molecule has 0 spiro atoms. The molecule has 0 saturated heterocycles. The standard InChI is InChI=1S/C13H17NO3/c1-2-17-12-7-11(12)13(16)14-10-5-3-4-9(6-10)8-15/h3-6,11-12,15H,2,7-8H2,1H3,(H,14,16). The largest absolute Gasteiger partial charge is 0.392 e. The van der Waals surface area contributed by atoms with E-state index in [4.69, 9.17) is 9.84 Å². The number of rotatable bonds is 5. The van der Waals surface area contributed by atoms with Gasteiger partial charge in [0.2, 0.25) is 5.91 Å². The summed E-state index contributed by atoms with van der Waals surface area (Å²) in [6.45, 7) is 2.56. The first-order chi connectivity index (χ1) is 8.24. The molecule has 1 aromatic rings. The summed E-state index contributed by atoms with van der Waals surface area (Å²) >= 11 is 0. The van der Waals surface area contributed by atoms with Crippen LogP contribution in [0.15, 0.2) is 24.3 Å². The number of anilines is 1. The van der Waals surface area contributed by atoms with Crippen molar-refractivity contribution in [3.8, 4) is 0 Å². The maximum Gasteiger partial charge on any atom is 0.230 e. The van der Waals surface area contributed by atoms with Crippen molar-refractivity contribution in [1.82, 2.24) is 0 Å². The molecule has 17 heavy (non-hydrogen) atoms. The van der Waals surface area contributed by atoms with E-state index in [0.717, 1.165) is 17.7 Å². The highest BCUT2D eigenvalue weighted by Gasteiger charge is 2.43. The van der Waals surface area contributed by atoms with E-state index >= 15 is 0 Å². The van der Waals surface area contributed by atoms with Crippen molar-refractivity contribution in [2.45, 2.75) is 26.1 Å². The molecule has 0 bridgehead atoms. The Morgan fingerprint density at radius 1 is 1.59 bits per heavy atom. The van der Waals surface area contributed by atoms with Crippen LogP contribution in [0.25, 0.3) is 0 Å². The summed E-state index contributed by atoms with van der Waals surface area (Å²) in [5.41, 5.74) is 1.52. The maximum absolute atomic E-state index is 11.8. The lowest BCUT2D eigenvalue weighted by Gasteiger charge is -2.06. The van der Waals surface area contributed by atoms with Crippen LogP contribution in [0.1, 0.15) is 18.9 Å². The van der Waals surface area contributed by atoms with Gasteiger partial charge in [0.15, 0.2) is 0 Å². The monoisotopic (exact) mass is 235 g/mol. The molecule has 0 aliphatic heterocycles. The average Bonchev–Trinajstić information content (AvgIpc) is 3.09. The molecule has 0 radical (unpaired) electrons. The summed E-state index contributed by atoms with van der Waals surface area (Å²) in [7, 11) is 0. The summed E-state index contributed by atoms with van der Waals surface area (Å²) in [6, 6.07) is 7.22. The fraction of sp³-hybridized carbons (Fsp3) is 0.462. The third-order valence-electron chi connectivity index (χ3n) is 2.83. The molecule has 2 N–H and O–H groups in total. The van der Waals surface area contributed by atoms with Crippen molar-refractivity contribution in [3.05, 3.63) is 29.8 Å². The van der Waals surface area contributed by atoms with E-state index in [-0.39, 0.29) is 24.5 Å². The Morgan fingerprint density at radius 3 is 3.12 bits per heavy atom. The van der Waals surface area contributed by atoms with E-state index in [9.17, 15) is 4.79 Å². The predicted molar refractivity (Wildman–Crippen MR) is 64.5 cm³/mol. The highest BCUT2D eigenvalue weighted by Crippen LogP contribution is 2.34. The van der Waals surface area contributed by atoms with Gasteiger partial charge in [-0.15, -0.1) is 0 Å². The second kappa shape index (κ2) is 5.29. The zero-order chi connectivity index (χ0) is 12.3. The number of amides is 1. The van der Waals surface area contributed by atoms with Gasteiger partial charge >= 0.3 is 0 Å². The van der Waals surface area contributed by atoms with Crippen LogP contribution in [0.3, 0.4) is 0 Å². The molecule has 0 heterocycles. The Balaban J connectivity index is 1.90. The molecule has 4 heteroatoms. The molecule has 1 saturated carbocycles. The normalized spacial score (nSPS) is 22.2. The number of benzene rings is 1. The van der Waals surface area contributed by atoms with E-state index in [1.807, 2.05) is 25.1 Å². The molecular weight excluding hydrogens is 218 g/mol. The number of aliphatic hydroxyl groups is 1. The minimum Gasteiger partial charge on any atom is -0.392 e. The van der Waals surface area contributed by atoms with Crippen molar-refractivity contribution in [2.24, 2.45) is 5.92 Å². The number of carbonyl (C=O) groups is 1. The smallest absolute Gasteiger partial charge is 0.230 e. The van der Waals surface area contributed by atoms with Gasteiger partial charge in [0.05, 0.1) is 18.6 Å². The number of nitrogens with one attached hydrogen (secondary N) is 1. The lowest BCUT2D eigenvalue weighted by Crippen LogP contribution is -2.16. The first kappa shape index (κ1) is 12.1. The second-order valence-corrected chi connectivity index (χ2v) is 4.18. The van der Waals surface area contributed by atoms with Gasteiger partial charge < -0.3 is 15.2 Å². The van der Waals surface area contributed by atoms with Crippen LogP contribution in [0.2, 0.25) is 0 Å². The minimum atomic E-state index is -0.0206. The zero-order valence-electron chi connectivity index (χ0n) is 9.85. The van der Waals surface area contributed by atoms with E-state index < -0.39 is 0 Å². The van der Waals surface area contributed by atoms with Crippen LogP contribution in [-0.4, -0.2) is 23.7 Å². The maximum atomic E-state index is 11.8. The summed E-state index contributed by atoms with van der Waals surface area (Å²) in [5.74, 6) is -0.0220. The molecule has 1 aliphatic rings. The van der Waals surface area contributed by atoms with Crippen LogP contribution in [0, 0.1) is 5.92 Å². The number of ether oxygens (including phenoxy) is 1. The Kier molecular flexibility index (Phi) is 3.76. The third-order valence-corrected chi connectivity index (χ3v) is 2.83. The van der Waals surface area contributed by atoms with Gasteiger partial charge in [0.1, 0.15) is 0 Å². The number of hydrogen-bond donors (Lipinski definition) is 2. The fourth-order valence-corrected chi connectivity index (χ4v) is 1.83. The first-order valence-electron chi connectivity index (χ1n) is 5.87. The number of aliphatic hydroxyl groups excluding tert-OH is 1. The SMILES string of the molecule is CCOC1CC1C(=O)Nc1cccc(CO)c1. The lowest BCUT2D eigenvalue weighted by molar-refractivity contribution is -0.118. The van der Waals surface area contributed by atoms with Crippen molar-refractivity contribution >= 4 is 11.6 Å². The molecule has 1 amide bonds. The molecule has 0 aromatic heterocycles. The number of hydrogen-bond acceptors (Lipinski definition) is 3. The van der Waals surface area contributed by atoms with Gasteiger partial charge in [-0.25, -0.2) is 0 Å². The van der Waals surface area contributed by atoms with Crippen molar-refractivity contribution in [2.75, 3.05) is 11.9 Å². The Bertz CT molecular complexity index is 405. The van der Waals surface area contributed by atoms with Crippen LogP contribution in [-0.2, 0) is 16.1 Å². The Hall–Kier alpha value is -1.39. The molecule has 2 rings (SSSR count). The Labute approximate surface area is 101 Å². The minimum absolute atomic E-state index is 0.00135. The topological polar surface area (TPSA) is 58.6 Å². The van der Waals surface area contributed by atoms with Gasteiger partial charge in [0.25, 0.3) is 0 Å². The molecule has 2 atom stereocenters. The molecule has 1 aromatic carbocycles. The van der Waals surface area contributed by atoms with E-state index in [1.165, 1.54) is 0 Å².